The van der Waals surface area contributed by atoms with Crippen molar-refractivity contribution < 1.29 is 9.59 Å². The molecule has 4 nitrogen and oxygen atoms in total. The first-order valence-electron chi connectivity index (χ1n) is 7.41. The lowest BCUT2D eigenvalue weighted by atomic mass is 10.1. The van der Waals surface area contributed by atoms with Crippen molar-refractivity contribution in [1.82, 2.24) is 5.32 Å². The Labute approximate surface area is 148 Å². The Morgan fingerprint density at radius 3 is 2.54 bits per heavy atom. The van der Waals surface area contributed by atoms with Crippen molar-refractivity contribution in [3.05, 3.63) is 74.1 Å². The van der Waals surface area contributed by atoms with E-state index in [1.807, 2.05) is 30.5 Å². The highest BCUT2D eigenvalue weighted by atomic mass is 32.1. The second-order valence-electron chi connectivity index (χ2n) is 5.17. The van der Waals surface area contributed by atoms with Crippen molar-refractivity contribution in [2.75, 3.05) is 5.32 Å². The van der Waals surface area contributed by atoms with Crippen LogP contribution in [0, 0.1) is 6.92 Å². The van der Waals surface area contributed by atoms with Crippen LogP contribution in [0.2, 0.25) is 0 Å². The summed E-state index contributed by atoms with van der Waals surface area (Å²) < 4.78 is 0. The lowest BCUT2D eigenvalue weighted by Gasteiger charge is -2.10. The molecule has 2 heterocycles. The van der Waals surface area contributed by atoms with Gasteiger partial charge in [0.25, 0.3) is 11.8 Å². The lowest BCUT2D eigenvalue weighted by Crippen LogP contribution is -2.24. The third-order valence-electron chi connectivity index (χ3n) is 3.38. The maximum absolute atomic E-state index is 12.5. The van der Waals surface area contributed by atoms with Crippen molar-refractivity contribution in [2.24, 2.45) is 0 Å². The summed E-state index contributed by atoms with van der Waals surface area (Å²) in [5, 5.41) is 7.55. The number of hydrogen-bond acceptors (Lipinski definition) is 4. The number of thiophene rings is 2. The van der Waals surface area contributed by atoms with Crippen molar-refractivity contribution in [3.8, 4) is 0 Å². The number of rotatable bonds is 5. The van der Waals surface area contributed by atoms with Gasteiger partial charge in [0.15, 0.2) is 0 Å². The first-order valence-corrected chi connectivity index (χ1v) is 9.10. The average Bonchev–Trinajstić information content (AvgIpc) is 3.25. The molecule has 122 valence electrons. The minimum absolute atomic E-state index is 0.205. The fourth-order valence-corrected chi connectivity index (χ4v) is 3.67. The van der Waals surface area contributed by atoms with Gasteiger partial charge in [-0.3, -0.25) is 9.59 Å². The largest absolute Gasteiger partial charge is 0.347 e. The van der Waals surface area contributed by atoms with E-state index in [-0.39, 0.29) is 11.8 Å². The zero-order valence-corrected chi connectivity index (χ0v) is 14.7. The molecule has 0 radical (unpaired) electrons. The molecule has 6 heteroatoms. The SMILES string of the molecule is Cc1ccc(CNC(=O)c2ccccc2NC(=O)c2cccs2)s1. The first kappa shape index (κ1) is 16.4. The van der Waals surface area contributed by atoms with Gasteiger partial charge in [-0.05, 0) is 42.6 Å². The van der Waals surface area contributed by atoms with Crippen molar-refractivity contribution in [1.29, 1.82) is 0 Å². The Morgan fingerprint density at radius 1 is 1.00 bits per heavy atom. The average molecular weight is 356 g/mol. The molecular formula is C18H16N2O2S2. The van der Waals surface area contributed by atoms with Gasteiger partial charge in [-0.2, -0.15) is 0 Å². The van der Waals surface area contributed by atoms with E-state index in [1.165, 1.54) is 16.2 Å². The van der Waals surface area contributed by atoms with E-state index < -0.39 is 0 Å². The van der Waals surface area contributed by atoms with E-state index in [4.69, 9.17) is 0 Å². The molecule has 0 aliphatic heterocycles. The van der Waals surface area contributed by atoms with Crippen LogP contribution in [0.3, 0.4) is 0 Å². The van der Waals surface area contributed by atoms with E-state index in [1.54, 1.807) is 41.7 Å². The van der Waals surface area contributed by atoms with E-state index in [0.29, 0.717) is 22.7 Å². The van der Waals surface area contributed by atoms with Crippen molar-refractivity contribution in [2.45, 2.75) is 13.5 Å². The highest BCUT2D eigenvalue weighted by Gasteiger charge is 2.14. The van der Waals surface area contributed by atoms with Crippen LogP contribution in [0.4, 0.5) is 5.69 Å². The van der Waals surface area contributed by atoms with Gasteiger partial charge in [0.1, 0.15) is 0 Å². The molecule has 0 aliphatic rings. The van der Waals surface area contributed by atoms with E-state index in [0.717, 1.165) is 4.88 Å². The molecular weight excluding hydrogens is 340 g/mol. The normalized spacial score (nSPS) is 10.4. The van der Waals surface area contributed by atoms with Gasteiger partial charge < -0.3 is 10.6 Å². The summed E-state index contributed by atoms with van der Waals surface area (Å²) in [6.07, 6.45) is 0. The maximum Gasteiger partial charge on any atom is 0.265 e. The maximum atomic E-state index is 12.5. The van der Waals surface area contributed by atoms with Gasteiger partial charge in [0.2, 0.25) is 0 Å². The molecule has 2 N–H and O–H groups in total. The van der Waals surface area contributed by atoms with Crippen molar-refractivity contribution >= 4 is 40.2 Å². The van der Waals surface area contributed by atoms with Gasteiger partial charge >= 0.3 is 0 Å². The number of carbonyl (C=O) groups is 2. The van der Waals surface area contributed by atoms with Gasteiger partial charge in [0.05, 0.1) is 22.7 Å². The third kappa shape index (κ3) is 3.90. The minimum atomic E-state index is -0.209. The van der Waals surface area contributed by atoms with E-state index in [2.05, 4.69) is 10.6 Å². The molecule has 0 atom stereocenters. The predicted molar refractivity (Wildman–Crippen MR) is 98.9 cm³/mol. The number of benzene rings is 1. The molecule has 3 rings (SSSR count). The zero-order chi connectivity index (χ0) is 16.9. The van der Waals surface area contributed by atoms with Crippen LogP contribution in [-0.2, 0) is 6.54 Å². The summed E-state index contributed by atoms with van der Waals surface area (Å²) in [5.41, 5.74) is 0.964. The second-order valence-corrected chi connectivity index (χ2v) is 7.49. The zero-order valence-electron chi connectivity index (χ0n) is 13.0. The highest BCUT2D eigenvalue weighted by molar-refractivity contribution is 7.12. The molecule has 0 saturated carbocycles. The monoisotopic (exact) mass is 356 g/mol. The Bertz CT molecular complexity index is 854. The number of aryl methyl sites for hydroxylation is 1. The Morgan fingerprint density at radius 2 is 1.83 bits per heavy atom. The number of nitrogens with one attached hydrogen (secondary N) is 2. The quantitative estimate of drug-likeness (QED) is 0.716. The number of anilines is 1. The fourth-order valence-electron chi connectivity index (χ4n) is 2.22. The van der Waals surface area contributed by atoms with Crippen LogP contribution in [-0.4, -0.2) is 11.8 Å². The van der Waals surface area contributed by atoms with Crippen LogP contribution < -0.4 is 10.6 Å². The molecule has 0 aliphatic carbocycles. The number of hydrogen-bond donors (Lipinski definition) is 2. The summed E-state index contributed by atoms with van der Waals surface area (Å²) >= 11 is 3.02. The number of carbonyl (C=O) groups excluding carboxylic acids is 2. The third-order valence-corrected chi connectivity index (χ3v) is 5.25. The molecule has 2 aromatic heterocycles. The summed E-state index contributed by atoms with van der Waals surface area (Å²) in [5.74, 6) is -0.415. The molecule has 1 aromatic carbocycles. The van der Waals surface area contributed by atoms with Gasteiger partial charge in [-0.25, -0.2) is 0 Å². The van der Waals surface area contributed by atoms with Gasteiger partial charge in [-0.1, -0.05) is 18.2 Å². The molecule has 24 heavy (non-hydrogen) atoms. The van der Waals surface area contributed by atoms with Crippen LogP contribution in [0.25, 0.3) is 0 Å². The summed E-state index contributed by atoms with van der Waals surface area (Å²) in [6, 6.07) is 14.6. The van der Waals surface area contributed by atoms with Gasteiger partial charge in [0, 0.05) is 9.75 Å². The molecule has 3 aromatic rings. The van der Waals surface area contributed by atoms with E-state index >= 15 is 0 Å². The molecule has 0 fully saturated rings. The predicted octanol–water partition coefficient (Wildman–Crippen LogP) is 4.30. The molecule has 0 unspecified atom stereocenters. The standard InChI is InChI=1S/C18H16N2O2S2/c1-12-8-9-13(24-12)11-19-17(21)14-5-2-3-6-15(14)20-18(22)16-7-4-10-23-16/h2-10H,11H2,1H3,(H,19,21)(H,20,22). The summed E-state index contributed by atoms with van der Waals surface area (Å²) in [7, 11) is 0. The minimum Gasteiger partial charge on any atom is -0.347 e. The number of para-hydroxylation sites is 1. The van der Waals surface area contributed by atoms with E-state index in [9.17, 15) is 9.59 Å². The second kappa shape index (κ2) is 7.42. The summed E-state index contributed by atoms with van der Waals surface area (Å²) in [6.45, 7) is 2.51. The Kier molecular flexibility index (Phi) is 5.08. The fraction of sp³-hybridized carbons (Fsp3) is 0.111. The van der Waals surface area contributed by atoms with Crippen LogP contribution in [0.1, 0.15) is 29.8 Å². The molecule has 2 amide bonds. The Hall–Kier alpha value is -2.44. The molecule has 0 bridgehead atoms. The smallest absolute Gasteiger partial charge is 0.265 e. The van der Waals surface area contributed by atoms with Crippen LogP contribution >= 0.6 is 22.7 Å². The topological polar surface area (TPSA) is 58.2 Å². The highest BCUT2D eigenvalue weighted by Crippen LogP contribution is 2.19. The lowest BCUT2D eigenvalue weighted by molar-refractivity contribution is 0.0952. The Balaban J connectivity index is 1.71. The van der Waals surface area contributed by atoms with Crippen LogP contribution in [0.5, 0.6) is 0 Å². The van der Waals surface area contributed by atoms with Gasteiger partial charge in [-0.15, -0.1) is 22.7 Å². The van der Waals surface area contributed by atoms with Crippen molar-refractivity contribution in [3.63, 3.8) is 0 Å². The van der Waals surface area contributed by atoms with Crippen LogP contribution in [0.15, 0.2) is 53.9 Å². The first-order chi connectivity index (χ1) is 11.6. The number of amides is 2. The molecule has 0 spiro atoms. The summed E-state index contributed by atoms with van der Waals surface area (Å²) in [4.78, 5) is 27.6. The molecule has 0 saturated heterocycles.